The number of hydrogen-bond acceptors (Lipinski definition) is 3. The van der Waals surface area contributed by atoms with Gasteiger partial charge < -0.3 is 4.74 Å². The molecule has 0 aliphatic carbocycles. The fourth-order valence-corrected chi connectivity index (χ4v) is 5.01. The fourth-order valence-electron chi connectivity index (χ4n) is 5.01. The summed E-state index contributed by atoms with van der Waals surface area (Å²) in [4.78, 5) is 2.22. The van der Waals surface area contributed by atoms with Crippen LogP contribution in [0.3, 0.4) is 0 Å². The van der Waals surface area contributed by atoms with Gasteiger partial charge in [-0.3, -0.25) is 9.29 Å². The number of alkyl halides is 1. The number of nitriles is 1. The first-order valence-electron chi connectivity index (χ1n) is 13.0. The third-order valence-electron chi connectivity index (χ3n) is 7.05. The quantitative estimate of drug-likeness (QED) is 0.215. The Kier molecular flexibility index (Phi) is 8.93. The third kappa shape index (κ3) is 6.37. The first kappa shape index (κ1) is 26.4. The van der Waals surface area contributed by atoms with Crippen LogP contribution in [0.25, 0.3) is 17.2 Å². The maximum absolute atomic E-state index is 12.7. The molecule has 0 bridgehead atoms. The molecule has 0 atom stereocenters. The van der Waals surface area contributed by atoms with Crippen LogP contribution in [0.4, 0.5) is 4.39 Å². The summed E-state index contributed by atoms with van der Waals surface area (Å²) in [5.74, 6) is 1.01. The summed E-state index contributed by atoms with van der Waals surface area (Å²) in [6, 6.07) is 26.8. The van der Waals surface area contributed by atoms with Crippen molar-refractivity contribution in [2.45, 2.75) is 27.2 Å². The van der Waals surface area contributed by atoms with Gasteiger partial charge in [0.1, 0.15) is 12.4 Å². The highest BCUT2D eigenvalue weighted by Crippen LogP contribution is 2.37. The number of halogens is 1. The molecular formula is C33H35FN2O. The van der Waals surface area contributed by atoms with Crippen LogP contribution in [-0.4, -0.2) is 37.8 Å². The second-order valence-electron chi connectivity index (χ2n) is 9.70. The lowest BCUT2D eigenvalue weighted by atomic mass is 9.86. The van der Waals surface area contributed by atoms with Crippen molar-refractivity contribution in [1.82, 2.24) is 4.90 Å². The average molecular weight is 495 g/mol. The van der Waals surface area contributed by atoms with Crippen LogP contribution in [0.5, 0.6) is 5.75 Å². The van der Waals surface area contributed by atoms with Crippen molar-refractivity contribution < 1.29 is 9.13 Å². The maximum atomic E-state index is 12.7. The van der Waals surface area contributed by atoms with Crippen LogP contribution in [0.1, 0.15) is 48.1 Å². The van der Waals surface area contributed by atoms with E-state index in [1.165, 1.54) is 11.1 Å². The molecule has 1 saturated heterocycles. The Labute approximate surface area is 220 Å². The number of aryl methyl sites for hydroxylation is 1. The van der Waals surface area contributed by atoms with Gasteiger partial charge in [-0.15, -0.1) is 0 Å². The number of ether oxygens (including phenoxy) is 1. The molecule has 0 N–H and O–H groups in total. The van der Waals surface area contributed by atoms with Gasteiger partial charge >= 0.3 is 0 Å². The summed E-state index contributed by atoms with van der Waals surface area (Å²) >= 11 is 0. The van der Waals surface area contributed by atoms with E-state index in [0.29, 0.717) is 12.2 Å². The molecule has 4 rings (SSSR count). The molecule has 190 valence electrons. The molecule has 0 radical (unpaired) electrons. The molecule has 0 spiro atoms. The minimum Gasteiger partial charge on any atom is -0.492 e. The van der Waals surface area contributed by atoms with Crippen LogP contribution < -0.4 is 4.74 Å². The van der Waals surface area contributed by atoms with Crippen molar-refractivity contribution in [2.24, 2.45) is 5.92 Å². The molecule has 3 nitrogen and oxygen atoms in total. The van der Waals surface area contributed by atoms with E-state index in [1.54, 1.807) is 0 Å². The van der Waals surface area contributed by atoms with Gasteiger partial charge in [0, 0.05) is 25.6 Å². The first-order valence-corrected chi connectivity index (χ1v) is 13.0. The van der Waals surface area contributed by atoms with E-state index in [1.807, 2.05) is 36.4 Å². The Bertz CT molecular complexity index is 1310. The smallest absolute Gasteiger partial charge is 0.119 e. The van der Waals surface area contributed by atoms with Crippen molar-refractivity contribution in [3.8, 4) is 11.8 Å². The van der Waals surface area contributed by atoms with Gasteiger partial charge in [-0.2, -0.15) is 5.26 Å². The lowest BCUT2D eigenvalue weighted by Gasteiger charge is -2.37. The van der Waals surface area contributed by atoms with Gasteiger partial charge in [0.2, 0.25) is 0 Å². The number of hydrogen-bond donors (Lipinski definition) is 0. The second kappa shape index (κ2) is 12.5. The van der Waals surface area contributed by atoms with Crippen LogP contribution in [0, 0.1) is 24.2 Å². The number of allylic oxidation sites excluding steroid dienone is 3. The molecule has 1 fully saturated rings. The average Bonchev–Trinajstić information content (AvgIpc) is 2.90. The zero-order valence-corrected chi connectivity index (χ0v) is 22.0. The molecule has 0 saturated carbocycles. The summed E-state index contributed by atoms with van der Waals surface area (Å²) in [5, 5.41) is 9.81. The van der Waals surface area contributed by atoms with E-state index in [9.17, 15) is 9.65 Å². The Balaban J connectivity index is 1.66. The highest BCUT2D eigenvalue weighted by molar-refractivity contribution is 6.01. The molecule has 37 heavy (non-hydrogen) atoms. The fraction of sp³-hybridized carbons (Fsp3) is 0.303. The van der Waals surface area contributed by atoms with Crippen molar-refractivity contribution in [3.63, 3.8) is 0 Å². The Morgan fingerprint density at radius 1 is 1.05 bits per heavy atom. The third-order valence-corrected chi connectivity index (χ3v) is 7.05. The van der Waals surface area contributed by atoms with Crippen LogP contribution in [0.2, 0.25) is 0 Å². The first-order chi connectivity index (χ1) is 18.0. The molecule has 3 aromatic rings. The summed E-state index contributed by atoms with van der Waals surface area (Å²) < 4.78 is 18.6. The molecule has 0 aromatic heterocycles. The van der Waals surface area contributed by atoms with E-state index in [4.69, 9.17) is 4.74 Å². The highest BCUT2D eigenvalue weighted by atomic mass is 19.1. The largest absolute Gasteiger partial charge is 0.492 e. The standard InChI is InChI=1S/C33H35FN2O/c1-4-31(32-12-8-7-11-29(32)21-35)33(25(3)19-28-10-6-5-9-24(28)2)27-13-15-30(16-14-27)37-18-17-36-22-26(20-34)23-36/h5-16,19,26H,4,17-18,20,22-23H2,1-3H3/b25-19+,33-31-. The molecular weight excluding hydrogens is 459 g/mol. The predicted molar refractivity (Wildman–Crippen MR) is 151 cm³/mol. The lowest BCUT2D eigenvalue weighted by Crippen LogP contribution is -2.49. The van der Waals surface area contributed by atoms with Gasteiger partial charge in [-0.1, -0.05) is 67.6 Å². The van der Waals surface area contributed by atoms with Gasteiger partial charge in [0.15, 0.2) is 0 Å². The number of nitrogens with zero attached hydrogens (tertiary/aromatic N) is 2. The van der Waals surface area contributed by atoms with Gasteiger partial charge in [0.05, 0.1) is 18.3 Å². The van der Waals surface area contributed by atoms with Crippen LogP contribution >= 0.6 is 0 Å². The van der Waals surface area contributed by atoms with E-state index < -0.39 is 0 Å². The molecule has 4 heteroatoms. The summed E-state index contributed by atoms with van der Waals surface area (Å²) in [6.07, 6.45) is 3.03. The van der Waals surface area contributed by atoms with Crippen molar-refractivity contribution in [3.05, 3.63) is 106 Å². The molecule has 1 aliphatic heterocycles. The Hall–Kier alpha value is -3.68. The van der Waals surface area contributed by atoms with E-state index >= 15 is 0 Å². The molecule has 1 heterocycles. The lowest BCUT2D eigenvalue weighted by molar-refractivity contribution is 0.0668. The van der Waals surface area contributed by atoms with Gasteiger partial charge in [-0.25, -0.2) is 0 Å². The SMILES string of the molecule is CC/C(=C(\C(C)=C\c1ccccc1C)c1ccc(OCCN2CC(CF)C2)cc1)c1ccccc1C#N. The number of likely N-dealkylation sites (tertiary alicyclic amines) is 1. The maximum Gasteiger partial charge on any atom is 0.119 e. The zero-order chi connectivity index (χ0) is 26.2. The minimum absolute atomic E-state index is 0.194. The van der Waals surface area contributed by atoms with Crippen molar-refractivity contribution >= 4 is 17.2 Å². The molecule has 1 aliphatic rings. The van der Waals surface area contributed by atoms with Crippen molar-refractivity contribution in [2.75, 3.05) is 32.9 Å². The van der Waals surface area contributed by atoms with Crippen molar-refractivity contribution in [1.29, 1.82) is 5.26 Å². The topological polar surface area (TPSA) is 36.3 Å². The monoisotopic (exact) mass is 494 g/mol. The number of rotatable bonds is 10. The number of benzene rings is 3. The van der Waals surface area contributed by atoms with Crippen LogP contribution in [-0.2, 0) is 0 Å². The molecule has 3 aromatic carbocycles. The molecule has 0 amide bonds. The van der Waals surface area contributed by atoms with E-state index in [-0.39, 0.29) is 12.6 Å². The van der Waals surface area contributed by atoms with Gasteiger partial charge in [-0.05, 0) is 77.4 Å². The van der Waals surface area contributed by atoms with E-state index in [2.05, 4.69) is 74.2 Å². The second-order valence-corrected chi connectivity index (χ2v) is 9.70. The summed E-state index contributed by atoms with van der Waals surface area (Å²) in [5.41, 5.74) is 8.58. The Morgan fingerprint density at radius 3 is 2.43 bits per heavy atom. The van der Waals surface area contributed by atoms with E-state index in [0.717, 1.165) is 59.7 Å². The summed E-state index contributed by atoms with van der Waals surface area (Å²) in [7, 11) is 0. The minimum atomic E-state index is -0.231. The van der Waals surface area contributed by atoms with Gasteiger partial charge in [0.25, 0.3) is 0 Å². The normalized spacial score (nSPS) is 15.1. The summed E-state index contributed by atoms with van der Waals surface area (Å²) in [6.45, 7) is 9.23. The predicted octanol–water partition coefficient (Wildman–Crippen LogP) is 7.57. The van der Waals surface area contributed by atoms with Crippen LogP contribution in [0.15, 0.2) is 78.4 Å². The molecule has 0 unspecified atom stereocenters. The Morgan fingerprint density at radius 2 is 1.76 bits per heavy atom. The zero-order valence-electron chi connectivity index (χ0n) is 22.0. The highest BCUT2D eigenvalue weighted by Gasteiger charge is 2.25.